The number of carbonyl (C=O) groups excluding carboxylic acids is 1. The van der Waals surface area contributed by atoms with Crippen LogP contribution in [0.5, 0.6) is 0 Å². The molecule has 0 bridgehead atoms. The van der Waals surface area contributed by atoms with Gasteiger partial charge in [-0.25, -0.2) is 9.07 Å². The zero-order valence-electron chi connectivity index (χ0n) is 13.9. The van der Waals surface area contributed by atoms with Gasteiger partial charge in [0, 0.05) is 35.0 Å². The van der Waals surface area contributed by atoms with Gasteiger partial charge >= 0.3 is 0 Å². The second-order valence-electron chi connectivity index (χ2n) is 5.85. The number of nitrogens with zero attached hydrogens (tertiary/aromatic N) is 4. The highest BCUT2D eigenvalue weighted by molar-refractivity contribution is 9.10. The number of pyridine rings is 2. The highest BCUT2D eigenvalue weighted by atomic mass is 79.9. The maximum atomic E-state index is 13.2. The van der Waals surface area contributed by atoms with Crippen LogP contribution in [0, 0.1) is 5.82 Å². The largest absolute Gasteiger partial charge is 0.348 e. The number of hydrogen-bond donors (Lipinski definition) is 1. The number of nitrogens with one attached hydrogen (secondary N) is 1. The predicted molar refractivity (Wildman–Crippen MR) is 102 cm³/mol. The number of carbonyl (C=O) groups is 1. The third-order valence-electron chi connectivity index (χ3n) is 4.03. The van der Waals surface area contributed by atoms with Gasteiger partial charge in [-0.2, -0.15) is 5.10 Å². The standard InChI is InChI=1S/C19H13BrFN5O/c20-13-5-12(6-22-8-13)7-24-19(27)17-9-23-11-18-16(17)10-25-26(18)15-3-1-14(21)2-4-15/h1-6,8-11H,7H2,(H,24,27). The van der Waals surface area contributed by atoms with Gasteiger partial charge in [-0.3, -0.25) is 14.8 Å². The van der Waals surface area contributed by atoms with Crippen LogP contribution < -0.4 is 5.32 Å². The average Bonchev–Trinajstić information content (AvgIpc) is 3.11. The molecule has 8 heteroatoms. The van der Waals surface area contributed by atoms with E-state index in [2.05, 4.69) is 36.3 Å². The summed E-state index contributed by atoms with van der Waals surface area (Å²) in [6, 6.07) is 7.85. The van der Waals surface area contributed by atoms with Crippen molar-refractivity contribution in [3.05, 3.63) is 82.7 Å². The minimum atomic E-state index is -0.324. The second kappa shape index (κ2) is 7.24. The molecule has 6 nitrogen and oxygen atoms in total. The lowest BCUT2D eigenvalue weighted by atomic mass is 10.1. The Labute approximate surface area is 162 Å². The summed E-state index contributed by atoms with van der Waals surface area (Å²) in [6.45, 7) is 0.341. The van der Waals surface area contributed by atoms with Crippen LogP contribution in [-0.2, 0) is 6.54 Å². The molecule has 0 aliphatic rings. The van der Waals surface area contributed by atoms with Crippen molar-refractivity contribution in [2.24, 2.45) is 0 Å². The van der Waals surface area contributed by atoms with Gasteiger partial charge in [0.25, 0.3) is 5.91 Å². The zero-order chi connectivity index (χ0) is 18.8. The van der Waals surface area contributed by atoms with Crippen LogP contribution in [0.15, 0.2) is 65.8 Å². The predicted octanol–water partition coefficient (Wildman–Crippen LogP) is 3.65. The molecule has 1 N–H and O–H groups in total. The van der Waals surface area contributed by atoms with E-state index in [1.165, 1.54) is 18.3 Å². The van der Waals surface area contributed by atoms with Crippen LogP contribution in [0.4, 0.5) is 4.39 Å². The lowest BCUT2D eigenvalue weighted by Gasteiger charge is -2.07. The lowest BCUT2D eigenvalue weighted by Crippen LogP contribution is -2.23. The number of fused-ring (bicyclic) bond motifs is 1. The topological polar surface area (TPSA) is 72.7 Å². The molecule has 0 saturated heterocycles. The van der Waals surface area contributed by atoms with Gasteiger partial charge in [0.1, 0.15) is 5.82 Å². The van der Waals surface area contributed by atoms with Gasteiger partial charge < -0.3 is 5.32 Å². The first-order chi connectivity index (χ1) is 13.1. The van der Waals surface area contributed by atoms with Crippen LogP contribution in [0.1, 0.15) is 15.9 Å². The van der Waals surface area contributed by atoms with E-state index in [0.717, 1.165) is 10.0 Å². The van der Waals surface area contributed by atoms with Crippen molar-refractivity contribution in [3.8, 4) is 5.69 Å². The zero-order valence-corrected chi connectivity index (χ0v) is 15.5. The van der Waals surface area contributed by atoms with E-state index < -0.39 is 0 Å². The molecule has 4 rings (SSSR count). The average molecular weight is 426 g/mol. The third kappa shape index (κ3) is 3.56. The SMILES string of the molecule is O=C(NCc1cncc(Br)c1)c1cncc2c1cnn2-c1ccc(F)cc1. The quantitative estimate of drug-likeness (QED) is 0.541. The van der Waals surface area contributed by atoms with Crippen molar-refractivity contribution in [2.75, 3.05) is 0 Å². The summed E-state index contributed by atoms with van der Waals surface area (Å²) in [4.78, 5) is 20.9. The summed E-state index contributed by atoms with van der Waals surface area (Å²) >= 11 is 3.36. The number of hydrogen-bond acceptors (Lipinski definition) is 4. The molecule has 0 unspecified atom stereocenters. The van der Waals surface area contributed by atoms with E-state index in [0.29, 0.717) is 28.7 Å². The van der Waals surface area contributed by atoms with Crippen molar-refractivity contribution in [3.63, 3.8) is 0 Å². The molecule has 134 valence electrons. The van der Waals surface area contributed by atoms with Gasteiger partial charge in [0.05, 0.1) is 29.2 Å². The summed E-state index contributed by atoms with van der Waals surface area (Å²) in [6.07, 6.45) is 8.11. The van der Waals surface area contributed by atoms with Gasteiger partial charge in [0.15, 0.2) is 0 Å². The first kappa shape index (κ1) is 17.3. The Bertz CT molecular complexity index is 1130. The maximum absolute atomic E-state index is 13.2. The first-order valence-electron chi connectivity index (χ1n) is 8.07. The number of halogens is 2. The van der Waals surface area contributed by atoms with E-state index in [1.54, 1.807) is 41.6 Å². The van der Waals surface area contributed by atoms with Crippen molar-refractivity contribution >= 4 is 32.7 Å². The Hall–Kier alpha value is -3.13. The monoisotopic (exact) mass is 425 g/mol. The number of amides is 1. The van der Waals surface area contributed by atoms with Gasteiger partial charge in [-0.15, -0.1) is 0 Å². The molecule has 1 amide bonds. The molecule has 3 heterocycles. The van der Waals surface area contributed by atoms with Crippen LogP contribution >= 0.6 is 15.9 Å². The van der Waals surface area contributed by atoms with E-state index in [-0.39, 0.29) is 11.7 Å². The highest BCUT2D eigenvalue weighted by Gasteiger charge is 2.15. The molecule has 0 aliphatic carbocycles. The number of benzene rings is 1. The fourth-order valence-electron chi connectivity index (χ4n) is 2.74. The van der Waals surface area contributed by atoms with E-state index in [4.69, 9.17) is 0 Å². The number of rotatable bonds is 4. The molecule has 0 atom stereocenters. The Balaban J connectivity index is 1.62. The molecule has 0 radical (unpaired) electrons. The molecule has 0 saturated carbocycles. The summed E-state index contributed by atoms with van der Waals surface area (Å²) in [5, 5.41) is 7.86. The molecule has 0 fully saturated rings. The van der Waals surface area contributed by atoms with Gasteiger partial charge in [0.2, 0.25) is 0 Å². The maximum Gasteiger partial charge on any atom is 0.253 e. The summed E-state index contributed by atoms with van der Waals surface area (Å²) in [7, 11) is 0. The van der Waals surface area contributed by atoms with E-state index in [1.807, 2.05) is 6.07 Å². The molecular formula is C19H13BrFN5O. The van der Waals surface area contributed by atoms with Crippen molar-refractivity contribution in [1.82, 2.24) is 25.1 Å². The molecule has 1 aromatic carbocycles. The third-order valence-corrected chi connectivity index (χ3v) is 4.46. The Morgan fingerprint density at radius 3 is 2.63 bits per heavy atom. The second-order valence-corrected chi connectivity index (χ2v) is 6.76. The van der Waals surface area contributed by atoms with E-state index >= 15 is 0 Å². The molecule has 0 spiro atoms. The fraction of sp³-hybridized carbons (Fsp3) is 0.0526. The lowest BCUT2D eigenvalue weighted by molar-refractivity contribution is 0.0952. The normalized spacial score (nSPS) is 10.9. The van der Waals surface area contributed by atoms with Crippen LogP contribution in [-0.4, -0.2) is 25.7 Å². The molecule has 3 aromatic heterocycles. The van der Waals surface area contributed by atoms with Crippen LogP contribution in [0.3, 0.4) is 0 Å². The molecular weight excluding hydrogens is 413 g/mol. The van der Waals surface area contributed by atoms with Gasteiger partial charge in [-0.05, 0) is 51.8 Å². The van der Waals surface area contributed by atoms with Crippen molar-refractivity contribution in [1.29, 1.82) is 0 Å². The Kier molecular flexibility index (Phi) is 4.64. The Morgan fingerprint density at radius 1 is 1.07 bits per heavy atom. The number of aromatic nitrogens is 4. The summed E-state index contributed by atoms with van der Waals surface area (Å²) in [5.74, 6) is -0.581. The minimum absolute atomic E-state index is 0.258. The van der Waals surface area contributed by atoms with Crippen LogP contribution in [0.25, 0.3) is 16.6 Å². The molecule has 0 aliphatic heterocycles. The summed E-state index contributed by atoms with van der Waals surface area (Å²) < 4.78 is 15.6. The van der Waals surface area contributed by atoms with Crippen molar-refractivity contribution < 1.29 is 9.18 Å². The Morgan fingerprint density at radius 2 is 1.85 bits per heavy atom. The molecule has 4 aromatic rings. The van der Waals surface area contributed by atoms with Crippen LogP contribution in [0.2, 0.25) is 0 Å². The van der Waals surface area contributed by atoms with E-state index in [9.17, 15) is 9.18 Å². The van der Waals surface area contributed by atoms with Crippen molar-refractivity contribution in [2.45, 2.75) is 6.54 Å². The molecule has 27 heavy (non-hydrogen) atoms. The summed E-state index contributed by atoms with van der Waals surface area (Å²) in [5.41, 5.74) is 2.65. The fourth-order valence-corrected chi connectivity index (χ4v) is 3.15. The van der Waals surface area contributed by atoms with Gasteiger partial charge in [-0.1, -0.05) is 0 Å². The minimum Gasteiger partial charge on any atom is -0.348 e. The smallest absolute Gasteiger partial charge is 0.253 e. The first-order valence-corrected chi connectivity index (χ1v) is 8.86. The highest BCUT2D eigenvalue weighted by Crippen LogP contribution is 2.21.